The molecule has 0 heterocycles. The summed E-state index contributed by atoms with van der Waals surface area (Å²) in [5.41, 5.74) is 0.661. The lowest BCUT2D eigenvalue weighted by Gasteiger charge is -2.39. The van der Waals surface area contributed by atoms with Gasteiger partial charge in [0.1, 0.15) is 0 Å². The third kappa shape index (κ3) is 3.96. The van der Waals surface area contributed by atoms with Crippen LogP contribution in [0.25, 0.3) is 0 Å². The van der Waals surface area contributed by atoms with Gasteiger partial charge < -0.3 is 10.1 Å². The lowest BCUT2D eigenvalue weighted by molar-refractivity contribution is 0.0850. The van der Waals surface area contributed by atoms with Crippen molar-refractivity contribution in [3.63, 3.8) is 0 Å². The van der Waals surface area contributed by atoms with Gasteiger partial charge in [-0.2, -0.15) is 0 Å². The topological polar surface area (TPSA) is 72.5 Å². The van der Waals surface area contributed by atoms with E-state index in [0.29, 0.717) is 5.56 Å². The average Bonchev–Trinajstić information content (AvgIpc) is 2.36. The highest BCUT2D eigenvalue weighted by Crippen LogP contribution is 2.31. The minimum Gasteiger partial charge on any atom is -0.380 e. The maximum atomic E-state index is 12.3. The van der Waals surface area contributed by atoms with Gasteiger partial charge in [-0.05, 0) is 49.9 Å². The van der Waals surface area contributed by atoms with Crippen LogP contribution in [0.4, 0.5) is 0 Å². The van der Waals surface area contributed by atoms with Gasteiger partial charge in [0, 0.05) is 28.9 Å². The van der Waals surface area contributed by atoms with Crippen molar-refractivity contribution in [1.29, 1.82) is 0 Å². The summed E-state index contributed by atoms with van der Waals surface area (Å²) in [4.78, 5) is 12.2. The first-order chi connectivity index (χ1) is 9.73. The van der Waals surface area contributed by atoms with E-state index >= 15 is 0 Å². The Morgan fingerprint density at radius 3 is 2.52 bits per heavy atom. The summed E-state index contributed by atoms with van der Waals surface area (Å²) in [5, 5.41) is 2.94. The molecule has 1 fully saturated rings. The Kier molecular flexibility index (Phi) is 4.60. The quantitative estimate of drug-likeness (QED) is 0.841. The molecule has 2 rings (SSSR count). The molecule has 21 heavy (non-hydrogen) atoms. The van der Waals surface area contributed by atoms with Gasteiger partial charge in [0.05, 0.1) is 11.5 Å². The van der Waals surface area contributed by atoms with E-state index in [0.717, 1.165) is 19.3 Å². The first-order valence-corrected chi connectivity index (χ1v) is 8.94. The van der Waals surface area contributed by atoms with E-state index in [1.807, 2.05) is 6.92 Å². The van der Waals surface area contributed by atoms with E-state index in [4.69, 9.17) is 15.4 Å². The Bertz CT molecular complexity index is 653. The molecular weight excluding hydrogens is 314 g/mol. The molecule has 0 aliphatic heterocycles. The number of rotatable bonds is 5. The molecule has 1 aromatic rings. The number of benzene rings is 1. The van der Waals surface area contributed by atoms with Crippen LogP contribution < -0.4 is 5.32 Å². The third-order valence-corrected chi connectivity index (χ3v) is 5.03. The number of methoxy groups -OCH3 is 1. The molecule has 0 saturated heterocycles. The Morgan fingerprint density at radius 1 is 1.38 bits per heavy atom. The number of hydrogen-bond donors (Lipinski definition) is 1. The molecule has 1 amide bonds. The monoisotopic (exact) mass is 331 g/mol. The summed E-state index contributed by atoms with van der Waals surface area (Å²) in [6, 6.07) is 4.32. The Balaban J connectivity index is 2.33. The highest BCUT2D eigenvalue weighted by Gasteiger charge is 2.33. The summed E-state index contributed by atoms with van der Waals surface area (Å²) in [7, 11) is 2.98. The zero-order valence-corrected chi connectivity index (χ0v) is 13.6. The molecule has 116 valence electrons. The fourth-order valence-corrected chi connectivity index (χ4v) is 3.19. The predicted molar refractivity (Wildman–Crippen MR) is 79.9 cm³/mol. The number of halogens is 1. The molecule has 0 bridgehead atoms. The molecule has 0 aromatic heterocycles. The fourth-order valence-electron chi connectivity index (χ4n) is 2.36. The van der Waals surface area contributed by atoms with E-state index in [2.05, 4.69) is 5.32 Å². The molecule has 1 aliphatic rings. The molecule has 1 aliphatic carbocycles. The number of carbonyl (C=O) groups is 1. The molecular formula is C14H18ClNO4S. The summed E-state index contributed by atoms with van der Waals surface area (Å²) in [5.74, 6) is -0.295. The minimum absolute atomic E-state index is 0.0948. The number of ether oxygens (including phenoxy) is 1. The lowest BCUT2D eigenvalue weighted by atomic mass is 9.78. The van der Waals surface area contributed by atoms with Crippen LogP contribution in [0.15, 0.2) is 23.1 Å². The van der Waals surface area contributed by atoms with E-state index < -0.39 is 9.05 Å². The van der Waals surface area contributed by atoms with Crippen LogP contribution in [0.2, 0.25) is 0 Å². The summed E-state index contributed by atoms with van der Waals surface area (Å²) < 4.78 is 28.0. The van der Waals surface area contributed by atoms with Crippen LogP contribution in [0.1, 0.15) is 42.1 Å². The highest BCUT2D eigenvalue weighted by atomic mass is 35.7. The zero-order valence-electron chi connectivity index (χ0n) is 12.0. The Hall–Kier alpha value is -1.11. The SMILES string of the molecule is COCc1cc(C(=O)NC2(C)CCC2)cc(S(=O)(=O)Cl)c1. The second kappa shape index (κ2) is 5.94. The highest BCUT2D eigenvalue weighted by molar-refractivity contribution is 8.13. The number of amides is 1. The minimum atomic E-state index is -3.90. The van der Waals surface area contributed by atoms with Crippen LogP contribution in [-0.2, 0) is 20.4 Å². The van der Waals surface area contributed by atoms with Crippen molar-refractivity contribution >= 4 is 25.6 Å². The fraction of sp³-hybridized carbons (Fsp3) is 0.500. The van der Waals surface area contributed by atoms with E-state index in [1.165, 1.54) is 19.2 Å². The van der Waals surface area contributed by atoms with E-state index in [-0.39, 0.29) is 28.5 Å². The van der Waals surface area contributed by atoms with Crippen LogP contribution in [0.3, 0.4) is 0 Å². The second-order valence-corrected chi connectivity index (χ2v) is 8.17. The van der Waals surface area contributed by atoms with Gasteiger partial charge in [0.25, 0.3) is 15.0 Å². The number of carbonyl (C=O) groups excluding carboxylic acids is 1. The van der Waals surface area contributed by atoms with Crippen molar-refractivity contribution in [2.45, 2.75) is 43.2 Å². The Morgan fingerprint density at radius 2 is 2.05 bits per heavy atom. The molecule has 1 N–H and O–H groups in total. The van der Waals surface area contributed by atoms with Crippen LogP contribution >= 0.6 is 10.7 Å². The molecule has 1 aromatic carbocycles. The molecule has 5 nitrogen and oxygen atoms in total. The molecule has 0 spiro atoms. The van der Waals surface area contributed by atoms with Gasteiger partial charge in [-0.15, -0.1) is 0 Å². The van der Waals surface area contributed by atoms with Crippen molar-refractivity contribution in [1.82, 2.24) is 5.32 Å². The van der Waals surface area contributed by atoms with Crippen molar-refractivity contribution in [2.24, 2.45) is 0 Å². The summed E-state index contributed by atoms with van der Waals surface area (Å²) in [6.45, 7) is 2.18. The van der Waals surface area contributed by atoms with E-state index in [9.17, 15) is 13.2 Å². The molecule has 0 radical (unpaired) electrons. The van der Waals surface area contributed by atoms with Crippen LogP contribution in [0, 0.1) is 0 Å². The molecule has 1 saturated carbocycles. The Labute approximate surface area is 129 Å². The third-order valence-electron chi connectivity index (χ3n) is 3.69. The normalized spacial score (nSPS) is 17.1. The van der Waals surface area contributed by atoms with Crippen molar-refractivity contribution in [3.05, 3.63) is 29.3 Å². The molecule has 0 unspecified atom stereocenters. The summed E-state index contributed by atoms with van der Waals surface area (Å²) >= 11 is 0. The largest absolute Gasteiger partial charge is 0.380 e. The van der Waals surface area contributed by atoms with Gasteiger partial charge in [0.15, 0.2) is 0 Å². The van der Waals surface area contributed by atoms with Gasteiger partial charge in [-0.25, -0.2) is 8.42 Å². The first-order valence-electron chi connectivity index (χ1n) is 6.64. The second-order valence-electron chi connectivity index (χ2n) is 5.60. The standard InChI is InChI=1S/C14H18ClNO4S/c1-14(4-3-5-14)16-13(17)11-6-10(9-20-2)7-12(8-11)21(15,18)19/h6-8H,3-5,9H2,1-2H3,(H,16,17). The van der Waals surface area contributed by atoms with Gasteiger partial charge >= 0.3 is 0 Å². The van der Waals surface area contributed by atoms with Crippen LogP contribution in [-0.4, -0.2) is 27.0 Å². The van der Waals surface area contributed by atoms with Gasteiger partial charge in [0.2, 0.25) is 0 Å². The first kappa shape index (κ1) is 16.3. The van der Waals surface area contributed by atoms with Crippen molar-refractivity contribution in [2.75, 3.05) is 7.11 Å². The van der Waals surface area contributed by atoms with E-state index in [1.54, 1.807) is 6.07 Å². The van der Waals surface area contributed by atoms with Gasteiger partial charge in [-0.1, -0.05) is 0 Å². The van der Waals surface area contributed by atoms with Crippen LogP contribution in [0.5, 0.6) is 0 Å². The average molecular weight is 332 g/mol. The molecule has 7 heteroatoms. The van der Waals surface area contributed by atoms with Crippen molar-refractivity contribution in [3.8, 4) is 0 Å². The maximum absolute atomic E-state index is 12.3. The molecule has 0 atom stereocenters. The smallest absolute Gasteiger partial charge is 0.261 e. The summed E-state index contributed by atoms with van der Waals surface area (Å²) in [6.07, 6.45) is 2.94. The number of hydrogen-bond acceptors (Lipinski definition) is 4. The maximum Gasteiger partial charge on any atom is 0.261 e. The van der Waals surface area contributed by atoms with Crippen molar-refractivity contribution < 1.29 is 17.9 Å². The predicted octanol–water partition coefficient (Wildman–Crippen LogP) is 2.43. The van der Waals surface area contributed by atoms with Gasteiger partial charge in [-0.3, -0.25) is 4.79 Å². The zero-order chi connectivity index (χ0) is 15.7. The lowest BCUT2D eigenvalue weighted by Crippen LogP contribution is -2.50. The number of nitrogens with one attached hydrogen (secondary N) is 1.